The van der Waals surface area contributed by atoms with Gasteiger partial charge >= 0.3 is 5.97 Å². The molecule has 2 aromatic rings. The molecule has 1 atom stereocenters. The maximum Gasteiger partial charge on any atom is 0.338 e. The van der Waals surface area contributed by atoms with E-state index < -0.39 is 30.3 Å². The largest absolute Gasteiger partial charge is 0.452 e. The van der Waals surface area contributed by atoms with Crippen molar-refractivity contribution in [3.8, 4) is 0 Å². The molecule has 1 saturated heterocycles. The fourth-order valence-electron chi connectivity index (χ4n) is 4.04. The van der Waals surface area contributed by atoms with E-state index in [9.17, 15) is 19.2 Å². The van der Waals surface area contributed by atoms with Crippen LogP contribution in [0.3, 0.4) is 0 Å². The van der Waals surface area contributed by atoms with Gasteiger partial charge in [-0.05, 0) is 54.2 Å². The van der Waals surface area contributed by atoms with Crippen LogP contribution in [0.5, 0.6) is 0 Å². The Hall–Kier alpha value is -3.52. The second kappa shape index (κ2) is 9.38. The third-order valence-corrected chi connectivity index (χ3v) is 5.99. The zero-order valence-electron chi connectivity index (χ0n) is 19.6. The summed E-state index contributed by atoms with van der Waals surface area (Å²) in [5.41, 5.74) is 2.23. The van der Waals surface area contributed by atoms with Crippen LogP contribution in [0.4, 0.5) is 5.69 Å². The molecule has 2 aliphatic heterocycles. The number of rotatable bonds is 6. The number of anilines is 1. The van der Waals surface area contributed by atoms with Crippen molar-refractivity contribution in [2.45, 2.75) is 45.1 Å². The number of ether oxygens (including phenoxy) is 2. The second-order valence-electron chi connectivity index (χ2n) is 9.57. The number of benzene rings is 2. The van der Waals surface area contributed by atoms with Gasteiger partial charge in [-0.1, -0.05) is 32.9 Å². The summed E-state index contributed by atoms with van der Waals surface area (Å²) in [7, 11) is 0. The van der Waals surface area contributed by atoms with E-state index in [1.165, 1.54) is 18.2 Å². The maximum absolute atomic E-state index is 12.8. The number of hydrogen-bond acceptors (Lipinski definition) is 6. The molecule has 0 radical (unpaired) electrons. The van der Waals surface area contributed by atoms with E-state index in [1.807, 2.05) is 12.1 Å². The monoisotopic (exact) mass is 464 g/mol. The highest BCUT2D eigenvalue weighted by Gasteiger charge is 2.38. The molecule has 2 heterocycles. The first-order chi connectivity index (χ1) is 16.1. The van der Waals surface area contributed by atoms with Crippen LogP contribution in [-0.2, 0) is 19.7 Å². The molecule has 3 amide bonds. The number of nitrogens with one attached hydrogen (secondary N) is 1. The van der Waals surface area contributed by atoms with Gasteiger partial charge in [-0.25, -0.2) is 4.79 Å². The van der Waals surface area contributed by atoms with Gasteiger partial charge in [0.2, 0.25) is 0 Å². The topological polar surface area (TPSA) is 102 Å². The average Bonchev–Trinajstić information content (AvgIpc) is 3.40. The van der Waals surface area contributed by atoms with Gasteiger partial charge in [0.15, 0.2) is 6.61 Å². The van der Waals surface area contributed by atoms with Crippen molar-refractivity contribution in [3.05, 3.63) is 64.7 Å². The van der Waals surface area contributed by atoms with E-state index in [-0.39, 0.29) is 34.8 Å². The molecular weight excluding hydrogens is 436 g/mol. The summed E-state index contributed by atoms with van der Waals surface area (Å²) in [6.07, 6.45) is 1.54. The minimum Gasteiger partial charge on any atom is -0.452 e. The molecule has 178 valence electrons. The fourth-order valence-corrected chi connectivity index (χ4v) is 4.04. The van der Waals surface area contributed by atoms with Gasteiger partial charge in [0, 0.05) is 12.3 Å². The smallest absolute Gasteiger partial charge is 0.338 e. The number of carbonyl (C=O) groups excluding carboxylic acids is 4. The molecule has 4 rings (SSSR count). The van der Waals surface area contributed by atoms with Crippen LogP contribution in [0.2, 0.25) is 0 Å². The van der Waals surface area contributed by atoms with Gasteiger partial charge in [-0.2, -0.15) is 0 Å². The Morgan fingerprint density at radius 3 is 2.41 bits per heavy atom. The number of esters is 1. The van der Waals surface area contributed by atoms with Crippen LogP contribution in [-0.4, -0.2) is 54.5 Å². The molecule has 0 aromatic heterocycles. The third kappa shape index (κ3) is 5.02. The number of hydrogen-bond donors (Lipinski definition) is 1. The van der Waals surface area contributed by atoms with E-state index in [1.54, 1.807) is 12.1 Å². The highest BCUT2D eigenvalue weighted by Crippen LogP contribution is 2.26. The Morgan fingerprint density at radius 2 is 1.76 bits per heavy atom. The predicted molar refractivity (Wildman–Crippen MR) is 125 cm³/mol. The van der Waals surface area contributed by atoms with Crippen molar-refractivity contribution in [1.82, 2.24) is 4.90 Å². The molecule has 0 spiro atoms. The van der Waals surface area contributed by atoms with Crippen molar-refractivity contribution in [3.63, 3.8) is 0 Å². The number of nitrogens with zero attached hydrogens (tertiary/aromatic N) is 1. The van der Waals surface area contributed by atoms with Crippen LogP contribution >= 0.6 is 0 Å². The molecule has 1 unspecified atom stereocenters. The van der Waals surface area contributed by atoms with E-state index in [0.29, 0.717) is 12.3 Å². The van der Waals surface area contributed by atoms with E-state index >= 15 is 0 Å². The van der Waals surface area contributed by atoms with Gasteiger partial charge < -0.3 is 14.8 Å². The first-order valence-electron chi connectivity index (χ1n) is 11.3. The quantitative estimate of drug-likeness (QED) is 0.518. The molecular formula is C26H28N2O6. The van der Waals surface area contributed by atoms with Crippen molar-refractivity contribution < 1.29 is 28.7 Å². The highest BCUT2D eigenvalue weighted by molar-refractivity contribution is 6.22. The van der Waals surface area contributed by atoms with Gasteiger partial charge in [0.25, 0.3) is 17.7 Å². The van der Waals surface area contributed by atoms with Crippen LogP contribution in [0.1, 0.15) is 70.3 Å². The van der Waals surface area contributed by atoms with Crippen molar-refractivity contribution in [1.29, 1.82) is 0 Å². The Morgan fingerprint density at radius 1 is 1.06 bits per heavy atom. The fraction of sp³-hybridized carbons (Fsp3) is 0.385. The zero-order chi connectivity index (χ0) is 24.5. The minimum atomic E-state index is -0.751. The molecule has 1 fully saturated rings. The molecule has 2 aliphatic rings. The summed E-state index contributed by atoms with van der Waals surface area (Å²) in [6, 6.07) is 11.7. The molecule has 8 nitrogen and oxygen atoms in total. The standard InChI is InChI=1S/C26H28N2O6/c1-26(2,3)17-7-9-18(10-8-17)27-22(29)15-34-25(32)16-6-11-20-21(13-16)24(31)28(23(20)30)14-19-5-4-12-33-19/h6-11,13,19H,4-5,12,14-15H2,1-3H3,(H,27,29). The summed E-state index contributed by atoms with van der Waals surface area (Å²) in [5, 5.41) is 2.69. The zero-order valence-corrected chi connectivity index (χ0v) is 19.6. The van der Waals surface area contributed by atoms with Crippen molar-refractivity contribution >= 4 is 29.4 Å². The maximum atomic E-state index is 12.8. The molecule has 2 aromatic carbocycles. The molecule has 0 aliphatic carbocycles. The molecule has 0 saturated carbocycles. The summed E-state index contributed by atoms with van der Waals surface area (Å²) in [5.74, 6) is -2.08. The molecule has 0 bridgehead atoms. The van der Waals surface area contributed by atoms with Crippen LogP contribution in [0.15, 0.2) is 42.5 Å². The Balaban J connectivity index is 1.34. The van der Waals surface area contributed by atoms with Gasteiger partial charge in [-0.15, -0.1) is 0 Å². The summed E-state index contributed by atoms with van der Waals surface area (Å²) in [6.45, 7) is 6.65. The van der Waals surface area contributed by atoms with Crippen LogP contribution in [0, 0.1) is 0 Å². The highest BCUT2D eigenvalue weighted by atomic mass is 16.5. The van der Waals surface area contributed by atoms with Crippen molar-refractivity contribution in [2.75, 3.05) is 25.1 Å². The number of imide groups is 1. The third-order valence-electron chi connectivity index (χ3n) is 5.99. The molecule has 1 N–H and O–H groups in total. The van der Waals surface area contributed by atoms with E-state index in [2.05, 4.69) is 26.1 Å². The van der Waals surface area contributed by atoms with Crippen LogP contribution < -0.4 is 5.32 Å². The lowest BCUT2D eigenvalue weighted by Gasteiger charge is -2.19. The minimum absolute atomic E-state index is 0.00123. The molecule has 34 heavy (non-hydrogen) atoms. The average molecular weight is 465 g/mol. The normalized spacial score (nSPS) is 17.6. The van der Waals surface area contributed by atoms with Gasteiger partial charge in [-0.3, -0.25) is 19.3 Å². The number of amides is 3. The van der Waals surface area contributed by atoms with Gasteiger partial charge in [0.05, 0.1) is 29.3 Å². The van der Waals surface area contributed by atoms with E-state index in [4.69, 9.17) is 9.47 Å². The molecule has 8 heteroatoms. The first-order valence-corrected chi connectivity index (χ1v) is 11.3. The Kier molecular flexibility index (Phi) is 6.52. The summed E-state index contributed by atoms with van der Waals surface area (Å²) < 4.78 is 10.6. The van der Waals surface area contributed by atoms with E-state index in [0.717, 1.165) is 23.3 Å². The SMILES string of the molecule is CC(C)(C)c1ccc(NC(=O)COC(=O)c2ccc3c(c2)C(=O)N(CC2CCCO2)C3=O)cc1. The second-order valence-corrected chi connectivity index (χ2v) is 9.57. The first kappa shape index (κ1) is 23.6. The summed E-state index contributed by atoms with van der Waals surface area (Å²) >= 11 is 0. The summed E-state index contributed by atoms with van der Waals surface area (Å²) in [4.78, 5) is 51.2. The number of carbonyl (C=O) groups is 4. The lowest BCUT2D eigenvalue weighted by Crippen LogP contribution is -2.36. The lowest BCUT2D eigenvalue weighted by molar-refractivity contribution is -0.119. The predicted octanol–water partition coefficient (Wildman–Crippen LogP) is 3.55. The van der Waals surface area contributed by atoms with Crippen LogP contribution in [0.25, 0.3) is 0 Å². The number of fused-ring (bicyclic) bond motifs is 1. The lowest BCUT2D eigenvalue weighted by atomic mass is 9.87. The Labute approximate surface area is 198 Å². The van der Waals surface area contributed by atoms with Gasteiger partial charge in [0.1, 0.15) is 0 Å². The Bertz CT molecular complexity index is 1130. The van der Waals surface area contributed by atoms with Crippen molar-refractivity contribution in [2.24, 2.45) is 0 Å².